The molecule has 1 aromatic carbocycles. The first-order valence-corrected chi connectivity index (χ1v) is 9.60. The van der Waals surface area contributed by atoms with E-state index < -0.39 is 0 Å². The lowest BCUT2D eigenvalue weighted by Crippen LogP contribution is -2.27. The summed E-state index contributed by atoms with van der Waals surface area (Å²) >= 11 is 8.67. The smallest absolute Gasteiger partial charge is 0.231 e. The van der Waals surface area contributed by atoms with E-state index in [9.17, 15) is 4.79 Å². The van der Waals surface area contributed by atoms with Crippen LogP contribution < -0.4 is 10.6 Å². The van der Waals surface area contributed by atoms with E-state index in [1.807, 2.05) is 25.1 Å². The molecule has 1 atom stereocenters. The molecule has 0 aliphatic rings. The minimum atomic E-state index is -0.169. The van der Waals surface area contributed by atoms with Crippen molar-refractivity contribution >= 4 is 51.4 Å². The summed E-state index contributed by atoms with van der Waals surface area (Å²) in [4.78, 5) is 12.0. The first kappa shape index (κ1) is 17.8. The van der Waals surface area contributed by atoms with E-state index in [4.69, 9.17) is 16.0 Å². The van der Waals surface area contributed by atoms with Gasteiger partial charge < -0.3 is 15.1 Å². The summed E-state index contributed by atoms with van der Waals surface area (Å²) in [6.45, 7) is 1.87. The number of carbonyl (C=O) groups is 1. The molecule has 2 heterocycles. The summed E-state index contributed by atoms with van der Waals surface area (Å²) in [5.74, 6) is 0.896. The number of thioether (sulfide) groups is 1. The molecule has 0 aliphatic heterocycles. The zero-order valence-electron chi connectivity index (χ0n) is 13.2. The van der Waals surface area contributed by atoms with Gasteiger partial charge in [0.1, 0.15) is 5.76 Å². The number of anilines is 2. The average Bonchev–Trinajstić information content (AvgIpc) is 3.25. The highest BCUT2D eigenvalue weighted by atomic mass is 35.5. The van der Waals surface area contributed by atoms with Crippen LogP contribution in [-0.4, -0.2) is 21.9 Å². The number of carbonyl (C=O) groups excluding carboxylic acids is 1. The van der Waals surface area contributed by atoms with Crippen molar-refractivity contribution in [2.45, 2.75) is 17.3 Å². The molecule has 0 fully saturated rings. The van der Waals surface area contributed by atoms with E-state index in [2.05, 4.69) is 20.8 Å². The van der Waals surface area contributed by atoms with Crippen LogP contribution in [0.1, 0.15) is 18.7 Å². The fourth-order valence-corrected chi connectivity index (χ4v) is 3.80. The number of amides is 1. The number of benzene rings is 1. The largest absolute Gasteiger partial charge is 0.467 e. The van der Waals surface area contributed by atoms with Crippen LogP contribution in [0.15, 0.2) is 51.4 Å². The van der Waals surface area contributed by atoms with Gasteiger partial charge >= 0.3 is 0 Å². The number of nitrogens with zero attached hydrogens (tertiary/aromatic N) is 2. The first-order valence-electron chi connectivity index (χ1n) is 7.42. The Morgan fingerprint density at radius 1 is 1.36 bits per heavy atom. The highest BCUT2D eigenvalue weighted by molar-refractivity contribution is 8.01. The molecule has 25 heavy (non-hydrogen) atoms. The van der Waals surface area contributed by atoms with Crippen LogP contribution in [-0.2, 0) is 4.79 Å². The average molecular weight is 395 g/mol. The molecular weight excluding hydrogens is 380 g/mol. The third-order valence-electron chi connectivity index (χ3n) is 3.16. The monoisotopic (exact) mass is 394 g/mol. The maximum Gasteiger partial charge on any atom is 0.231 e. The fraction of sp³-hybridized carbons (Fsp3) is 0.188. The Hall–Kier alpha value is -2.03. The quantitative estimate of drug-likeness (QED) is 0.574. The van der Waals surface area contributed by atoms with Crippen molar-refractivity contribution in [1.82, 2.24) is 15.5 Å². The molecule has 0 aliphatic carbocycles. The summed E-state index contributed by atoms with van der Waals surface area (Å²) in [6, 6.07) is 10.8. The maximum absolute atomic E-state index is 12.0. The molecule has 0 unspecified atom stereocenters. The number of furan rings is 1. The van der Waals surface area contributed by atoms with Crippen LogP contribution in [0.2, 0.25) is 5.02 Å². The Labute approximate surface area is 158 Å². The van der Waals surface area contributed by atoms with Gasteiger partial charge in [-0.2, -0.15) is 0 Å². The lowest BCUT2D eigenvalue weighted by Gasteiger charge is -2.10. The number of hydrogen-bond acceptors (Lipinski definition) is 7. The van der Waals surface area contributed by atoms with Gasteiger partial charge in [0.25, 0.3) is 0 Å². The Morgan fingerprint density at radius 2 is 2.24 bits per heavy atom. The summed E-state index contributed by atoms with van der Waals surface area (Å²) in [5, 5.41) is 15.4. The van der Waals surface area contributed by atoms with Gasteiger partial charge in [-0.05, 0) is 37.3 Å². The zero-order valence-corrected chi connectivity index (χ0v) is 15.6. The van der Waals surface area contributed by atoms with Crippen molar-refractivity contribution in [2.75, 3.05) is 11.1 Å². The van der Waals surface area contributed by atoms with E-state index in [-0.39, 0.29) is 17.7 Å². The van der Waals surface area contributed by atoms with E-state index in [1.165, 1.54) is 23.1 Å². The van der Waals surface area contributed by atoms with Gasteiger partial charge in [-0.1, -0.05) is 40.8 Å². The Bertz CT molecular complexity index is 838. The number of rotatable bonds is 7. The Morgan fingerprint density at radius 3 is 3.00 bits per heavy atom. The number of halogens is 1. The van der Waals surface area contributed by atoms with Gasteiger partial charge in [0.15, 0.2) is 4.34 Å². The second-order valence-corrected chi connectivity index (χ2v) is 7.74. The number of hydrogen-bond donors (Lipinski definition) is 2. The summed E-state index contributed by atoms with van der Waals surface area (Å²) in [5.41, 5.74) is 0.838. The predicted molar refractivity (Wildman–Crippen MR) is 101 cm³/mol. The van der Waals surface area contributed by atoms with E-state index in [1.54, 1.807) is 24.5 Å². The molecule has 0 bridgehead atoms. The highest BCUT2D eigenvalue weighted by Gasteiger charge is 2.13. The topological polar surface area (TPSA) is 80.0 Å². The van der Waals surface area contributed by atoms with Crippen LogP contribution >= 0.6 is 34.7 Å². The summed E-state index contributed by atoms with van der Waals surface area (Å²) in [7, 11) is 0. The van der Waals surface area contributed by atoms with Crippen molar-refractivity contribution in [2.24, 2.45) is 0 Å². The van der Waals surface area contributed by atoms with Gasteiger partial charge in [0, 0.05) is 10.7 Å². The lowest BCUT2D eigenvalue weighted by atomic mass is 10.2. The van der Waals surface area contributed by atoms with Crippen molar-refractivity contribution in [3.63, 3.8) is 0 Å². The van der Waals surface area contributed by atoms with Gasteiger partial charge in [0.05, 0.1) is 18.1 Å². The van der Waals surface area contributed by atoms with E-state index in [0.717, 1.165) is 11.4 Å². The molecule has 2 aromatic heterocycles. The zero-order chi connectivity index (χ0) is 17.6. The van der Waals surface area contributed by atoms with Crippen molar-refractivity contribution in [1.29, 1.82) is 0 Å². The summed E-state index contributed by atoms with van der Waals surface area (Å²) in [6.07, 6.45) is 1.59. The van der Waals surface area contributed by atoms with E-state index in [0.29, 0.717) is 14.5 Å². The Balaban J connectivity index is 1.49. The van der Waals surface area contributed by atoms with Crippen molar-refractivity contribution < 1.29 is 9.21 Å². The normalized spacial score (nSPS) is 11.9. The second-order valence-electron chi connectivity index (χ2n) is 5.10. The van der Waals surface area contributed by atoms with Crippen LogP contribution in [0.5, 0.6) is 0 Å². The molecule has 3 rings (SSSR count). The summed E-state index contributed by atoms with van der Waals surface area (Å²) < 4.78 is 5.98. The van der Waals surface area contributed by atoms with Crippen LogP contribution in [0.4, 0.5) is 10.8 Å². The Kier molecular flexibility index (Phi) is 5.95. The molecule has 0 radical (unpaired) electrons. The minimum absolute atomic E-state index is 0.0894. The van der Waals surface area contributed by atoms with Crippen molar-refractivity contribution in [3.05, 3.63) is 53.4 Å². The van der Waals surface area contributed by atoms with Gasteiger partial charge in [-0.3, -0.25) is 4.79 Å². The van der Waals surface area contributed by atoms with Crippen LogP contribution in [0.3, 0.4) is 0 Å². The highest BCUT2D eigenvalue weighted by Crippen LogP contribution is 2.28. The molecule has 6 nitrogen and oxygen atoms in total. The van der Waals surface area contributed by atoms with Crippen molar-refractivity contribution in [3.8, 4) is 0 Å². The molecule has 1 amide bonds. The van der Waals surface area contributed by atoms with Gasteiger partial charge in [-0.25, -0.2) is 0 Å². The molecule has 9 heteroatoms. The maximum atomic E-state index is 12.0. The third-order valence-corrected chi connectivity index (χ3v) is 5.36. The number of aromatic nitrogens is 2. The molecule has 3 aromatic rings. The molecule has 130 valence electrons. The molecule has 2 N–H and O–H groups in total. The SMILES string of the molecule is C[C@H](NC(=O)CSc1nnc(Nc2cccc(Cl)c2)s1)c1ccco1. The van der Waals surface area contributed by atoms with Crippen LogP contribution in [0, 0.1) is 0 Å². The minimum Gasteiger partial charge on any atom is -0.467 e. The van der Waals surface area contributed by atoms with Gasteiger partial charge in [0.2, 0.25) is 11.0 Å². The van der Waals surface area contributed by atoms with E-state index >= 15 is 0 Å². The number of nitrogens with one attached hydrogen (secondary N) is 2. The fourth-order valence-electron chi connectivity index (χ4n) is 2.03. The first-order chi connectivity index (χ1) is 12.1. The molecule has 0 saturated heterocycles. The molecular formula is C16H15ClN4O2S2. The predicted octanol–water partition coefficient (Wildman–Crippen LogP) is 4.50. The van der Waals surface area contributed by atoms with Crippen LogP contribution in [0.25, 0.3) is 0 Å². The lowest BCUT2D eigenvalue weighted by molar-refractivity contribution is -0.119. The standard InChI is InChI=1S/C16H15ClN4O2S2/c1-10(13-6-3-7-23-13)18-14(22)9-24-16-21-20-15(25-16)19-12-5-2-4-11(17)8-12/h2-8,10H,9H2,1H3,(H,18,22)(H,19,20)/t10-/m0/s1. The molecule has 0 saturated carbocycles. The van der Waals surface area contributed by atoms with Gasteiger partial charge in [-0.15, -0.1) is 10.2 Å². The third kappa shape index (κ3) is 5.22. The molecule has 0 spiro atoms. The second kappa shape index (κ2) is 8.37.